The Morgan fingerprint density at radius 1 is 0.593 bits per heavy atom. The molecule has 0 saturated carbocycles. The first kappa shape index (κ1) is 95.1. The first-order valence-corrected chi connectivity index (χ1v) is 51.4. The van der Waals surface area contributed by atoms with Gasteiger partial charge in [0.1, 0.15) is 42.6 Å². The smallest absolute Gasteiger partial charge is 0.268 e. The van der Waals surface area contributed by atoms with Crippen LogP contribution in [0.1, 0.15) is 50.1 Å². The van der Waals surface area contributed by atoms with Crippen LogP contribution in [0.25, 0.3) is 33.2 Å². The van der Waals surface area contributed by atoms with Gasteiger partial charge in [0, 0.05) is 207 Å². The third-order valence-electron chi connectivity index (χ3n) is 22.6. The number of fused-ring (bicyclic) bond motifs is 2. The van der Waals surface area contributed by atoms with E-state index in [0.29, 0.717) is 93.5 Å². The number of aryl methyl sites for hydroxylation is 1. The minimum Gasteiger partial charge on any atom is -0.481 e. The van der Waals surface area contributed by atoms with Crippen molar-refractivity contribution in [2.24, 2.45) is 0 Å². The normalized spacial score (nSPS) is 16.2. The molecule has 4 fully saturated rings. The summed E-state index contributed by atoms with van der Waals surface area (Å²) in [6.45, 7) is 11.2. The zero-order valence-corrected chi connectivity index (χ0v) is 79.3. The Hall–Kier alpha value is -13.1. The molecule has 718 valence electrons. The van der Waals surface area contributed by atoms with Crippen LogP contribution in [0.4, 0.5) is 48.4 Å². The lowest BCUT2D eigenvalue weighted by Crippen LogP contribution is -2.57. The number of halogens is 3. The number of aromatic nitrogens is 10. The minimum atomic E-state index is -3.74. The largest absolute Gasteiger partial charge is 0.481 e. The van der Waals surface area contributed by atoms with E-state index in [4.69, 9.17) is 32.5 Å². The van der Waals surface area contributed by atoms with Crippen LogP contribution in [-0.4, -0.2) is 205 Å². The lowest BCUT2D eigenvalue weighted by Gasteiger charge is -2.42. The third-order valence-corrected chi connectivity index (χ3v) is 30.8. The molecule has 4 aliphatic rings. The monoisotopic (exact) mass is 2020 g/mol. The summed E-state index contributed by atoms with van der Waals surface area (Å²) < 4.78 is 142. The van der Waals surface area contributed by atoms with Crippen LogP contribution in [0.5, 0.6) is 5.75 Å². The fourth-order valence-electron chi connectivity index (χ4n) is 15.6. The van der Waals surface area contributed by atoms with Crippen molar-refractivity contribution in [1.82, 2.24) is 63.7 Å². The average molecular weight is 2020 g/mol. The van der Waals surface area contributed by atoms with Gasteiger partial charge in [-0.15, -0.1) is 22.7 Å². The molecule has 19 rings (SSSR count). The number of thiazole rings is 2. The first-order chi connectivity index (χ1) is 65.0. The molecule has 11 heterocycles. The van der Waals surface area contributed by atoms with E-state index in [1.165, 1.54) is 83.7 Å². The topological polar surface area (TPSA) is 423 Å². The van der Waals surface area contributed by atoms with Crippen molar-refractivity contribution in [3.8, 4) is 17.1 Å². The number of carbonyl (C=O) groups excluding carboxylic acids is 3. The van der Waals surface area contributed by atoms with E-state index in [2.05, 4.69) is 90.5 Å². The minimum absolute atomic E-state index is 0. The van der Waals surface area contributed by atoms with Crippen molar-refractivity contribution in [3.63, 3.8) is 0 Å². The van der Waals surface area contributed by atoms with Gasteiger partial charge in [0.2, 0.25) is 28.7 Å². The number of piperazine rings is 2. The Morgan fingerprint density at radius 3 is 1.76 bits per heavy atom. The number of carbonyl (C=O) groups is 3. The van der Waals surface area contributed by atoms with Crippen LogP contribution in [0, 0.1) is 12.7 Å². The van der Waals surface area contributed by atoms with E-state index in [9.17, 15) is 57.6 Å². The maximum Gasteiger partial charge on any atom is 0.268 e. The van der Waals surface area contributed by atoms with Gasteiger partial charge in [0.25, 0.3) is 46.0 Å². The van der Waals surface area contributed by atoms with Crippen molar-refractivity contribution in [2.45, 2.75) is 83.6 Å². The van der Waals surface area contributed by atoms with Crippen LogP contribution in [0.2, 0.25) is 10.0 Å². The van der Waals surface area contributed by atoms with Gasteiger partial charge in [-0.25, -0.2) is 63.0 Å². The van der Waals surface area contributed by atoms with Crippen molar-refractivity contribution in [1.29, 1.82) is 0 Å². The highest BCUT2D eigenvalue weighted by Gasteiger charge is 2.36. The third kappa shape index (κ3) is 23.6. The predicted molar refractivity (Wildman–Crippen MR) is 536 cm³/mol. The number of hydrogen-bond acceptors (Lipinski definition) is 29. The summed E-state index contributed by atoms with van der Waals surface area (Å²) in [6.07, 6.45) is 11.4. The van der Waals surface area contributed by atoms with E-state index in [1.54, 1.807) is 160 Å². The van der Waals surface area contributed by atoms with Crippen LogP contribution in [-0.2, 0) is 67.6 Å². The highest BCUT2D eigenvalue weighted by molar-refractivity contribution is 7.93. The number of nitrogens with one attached hydrogen (secondary N) is 5. The lowest BCUT2D eigenvalue weighted by molar-refractivity contribution is -0.135. The molecule has 7 aromatic heterocycles. The molecule has 4 saturated heterocycles. The Kier molecular flexibility index (Phi) is 29.7. The molecule has 35 nitrogen and oxygen atoms in total. The Morgan fingerprint density at radius 2 is 1.19 bits per heavy atom. The maximum absolute atomic E-state index is 14.0. The highest BCUT2D eigenvalue weighted by atomic mass is 35.5. The average Bonchev–Trinajstić information content (AvgIpc) is 1.61. The molecule has 0 radical (unpaired) electrons. The Bertz CT molecular complexity index is 7140. The zero-order valence-electron chi connectivity index (χ0n) is 72.1. The van der Waals surface area contributed by atoms with Crippen molar-refractivity contribution >= 4 is 181 Å². The molecule has 6 N–H and O–H groups in total. The summed E-state index contributed by atoms with van der Waals surface area (Å²) in [4.78, 5) is 75.2. The van der Waals surface area contributed by atoms with Gasteiger partial charge in [-0.1, -0.05) is 64.8 Å². The number of aliphatic hydroxyl groups is 1. The Balaban J connectivity index is 0.000000256. The molecule has 0 bridgehead atoms. The molecular formula is C90H106Cl2FN21O14S7. The summed E-state index contributed by atoms with van der Waals surface area (Å²) in [5, 5.41) is 24.0. The number of anilines is 8. The highest BCUT2D eigenvalue weighted by Crippen LogP contribution is 2.34. The number of aliphatic hydroxyl groups excluding tert-OH is 1. The number of ether oxygens (including phenoxy) is 1. The standard InChI is InChI=1S/C24H24ClN5O4S2.C24H25N7O3S.C23H23FN6O3S2.C19H16ClN3O4S2.9H2/c25-18-2-1-17-7-9-29(22(17)13-18)15-23(32)30-11-10-28(14-20(30)16-31)19-3-5-21(6-4-19)36(33,34)27-24-26-8-12-35-24;1-18-27-24(28-34-18)20-4-2-19(3-5-20)16-30-12-14-31(15-13-30)21-6-8-22(9-7-21)35(32,33)29-23-10-11-25-17-26-23;1-15(30-12-10-19-20(24)3-2-4-21(19)30)22(31)27-16-9-11-29(13-16)17-5-7-18(8-6-17)35(32,33)28-23-25-14-26-34-23;20-13-1-5-15(6-2-13)27-17-9-11-23(18(17)24)14-3-7-16(8-4-14)29(25,26)22-19-21-10-12-28-19;;;;;;;;;/h1-9,12-13,20,31H,10-11,14-16H2,(H,26,27);2-11,17H,12-16H2,1H3,(H,25,26,29);2-8,10,12,14-16H,9,11,13H2,1H3,(H,27,31)(H,25,26,28);1-8,10,12,17H,9,11H2,(H,21,22);9*1H/t20-;;15-,16-;;;;;;;;;;/m1.1........../s1. The van der Waals surface area contributed by atoms with Gasteiger partial charge >= 0.3 is 0 Å². The Labute approximate surface area is 812 Å². The summed E-state index contributed by atoms with van der Waals surface area (Å²) in [5.74, 6) is 1.27. The van der Waals surface area contributed by atoms with Gasteiger partial charge in [0.05, 0.1) is 37.7 Å². The number of hydrogen-bond donors (Lipinski definition) is 6. The molecule has 4 aliphatic heterocycles. The molecule has 3 amide bonds. The number of benzene rings is 8. The summed E-state index contributed by atoms with van der Waals surface area (Å²) >= 11 is 15.4. The van der Waals surface area contributed by atoms with Gasteiger partial charge < -0.3 is 53.3 Å². The second-order valence-corrected chi connectivity index (χ2v) is 41.5. The fraction of sp³-hybridized carbons (Fsp3) is 0.233. The zero-order chi connectivity index (χ0) is 94.5. The fourth-order valence-corrected chi connectivity index (χ4v) is 22.1. The molecule has 0 spiro atoms. The van der Waals surface area contributed by atoms with E-state index >= 15 is 0 Å². The van der Waals surface area contributed by atoms with E-state index < -0.39 is 52.2 Å². The first-order valence-electron chi connectivity index (χ1n) is 42.2. The van der Waals surface area contributed by atoms with Crippen molar-refractivity contribution in [2.75, 3.05) is 111 Å². The number of amides is 3. The van der Waals surface area contributed by atoms with Crippen LogP contribution in [0.3, 0.4) is 0 Å². The second kappa shape index (κ2) is 42.2. The number of rotatable bonds is 27. The van der Waals surface area contributed by atoms with Gasteiger partial charge in [0.15, 0.2) is 16.4 Å². The summed E-state index contributed by atoms with van der Waals surface area (Å²) in [7, 11) is -14.9. The van der Waals surface area contributed by atoms with Gasteiger partial charge in [-0.05, 0) is 188 Å². The SMILES string of the molecule is C[C@H](C(=O)N[C@@H]1CCN(c2ccc(S(=O)(=O)Nc3ncns3)cc2)C1)n1ccc2c(F)cccc21.Cc1nc(-c2ccc(CN3CCN(c4ccc(S(=O)(=O)Nc5ccncn5)cc4)CC3)cc2)no1.O=C(Cn1ccc2ccc(Cl)cc21)N1CCN(c2ccc(S(=O)(=O)Nc3nccs3)cc2)C[C@@H]1CO.O=C1C(Oc2ccc(Cl)cc2)CCN1c1ccc(S(=O)(=O)Nc2nccs2)cc1.[HH].[HH].[HH].[HH].[HH].[HH].[HH].[HH].[HH]. The molecule has 4 atom stereocenters. The molecule has 45 heteroatoms. The summed E-state index contributed by atoms with van der Waals surface area (Å²) in [5.41, 5.74) is 7.04. The van der Waals surface area contributed by atoms with E-state index in [1.807, 2.05) is 64.2 Å². The van der Waals surface area contributed by atoms with Gasteiger partial charge in [-0.3, -0.25) is 38.2 Å². The van der Waals surface area contributed by atoms with Crippen LogP contribution in [0.15, 0.2) is 279 Å². The quantitative estimate of drug-likeness (QED) is 0.0278. The van der Waals surface area contributed by atoms with Gasteiger partial charge in [-0.2, -0.15) is 9.36 Å². The predicted octanol–water partition coefficient (Wildman–Crippen LogP) is 15.6. The lowest BCUT2D eigenvalue weighted by atomic mass is 10.1. The van der Waals surface area contributed by atoms with Crippen molar-refractivity contribution in [3.05, 3.63) is 282 Å². The molecule has 0 aliphatic carbocycles. The molecule has 135 heavy (non-hydrogen) atoms. The maximum atomic E-state index is 14.0. The molecule has 8 aromatic carbocycles. The molecule has 1 unspecified atom stereocenters. The van der Waals surface area contributed by atoms with Crippen LogP contribution >= 0.6 is 57.4 Å². The second-order valence-electron chi connectivity index (χ2n) is 31.4. The molecule has 15 aromatic rings. The van der Waals surface area contributed by atoms with E-state index in [0.717, 1.165) is 90.8 Å². The number of sulfonamides is 4. The van der Waals surface area contributed by atoms with E-state index in [-0.39, 0.29) is 92.1 Å². The summed E-state index contributed by atoms with van der Waals surface area (Å²) in [6, 6.07) is 55.9. The van der Waals surface area contributed by atoms with Crippen LogP contribution < -0.4 is 48.5 Å². The molecular weight excluding hydrogens is 1910 g/mol. The number of nitrogens with zero attached hydrogens (tertiary/aromatic N) is 16. The van der Waals surface area contributed by atoms with Crippen molar-refractivity contribution < 1.29 is 79.7 Å².